The molecule has 2 amide bonds. The number of carboxylic acid groups (broad SMARTS) is 1. The molecule has 190 valence electrons. The topological polar surface area (TPSA) is 127 Å². The molecule has 0 saturated heterocycles. The molecular weight excluding hydrogens is 469 g/mol. The highest BCUT2D eigenvalue weighted by Crippen LogP contribution is 2.28. The SMILES string of the molecule is C=CCC(C)Oc1cc(-n2nc(CC)n(C)c2=O)c(F)cc1C(=O)Nc1ccc(NC(=O)O)cc1C. The van der Waals surface area contributed by atoms with Crippen LogP contribution in [0.2, 0.25) is 0 Å². The third kappa shape index (κ3) is 5.62. The van der Waals surface area contributed by atoms with E-state index >= 15 is 4.39 Å². The van der Waals surface area contributed by atoms with Gasteiger partial charge in [-0.2, -0.15) is 4.68 Å². The molecule has 10 nitrogen and oxygen atoms in total. The van der Waals surface area contributed by atoms with Crippen LogP contribution >= 0.6 is 0 Å². The summed E-state index contributed by atoms with van der Waals surface area (Å²) in [5.74, 6) is -0.939. The first-order valence-corrected chi connectivity index (χ1v) is 11.2. The van der Waals surface area contributed by atoms with Gasteiger partial charge in [-0.3, -0.25) is 14.7 Å². The molecule has 1 aromatic heterocycles. The second kappa shape index (κ2) is 10.9. The number of aryl methyl sites for hydroxylation is 2. The Labute approximate surface area is 207 Å². The van der Waals surface area contributed by atoms with Crippen LogP contribution in [0, 0.1) is 12.7 Å². The Morgan fingerprint density at radius 2 is 2.00 bits per heavy atom. The van der Waals surface area contributed by atoms with Gasteiger partial charge in [0.1, 0.15) is 23.1 Å². The number of carbonyl (C=O) groups is 2. The van der Waals surface area contributed by atoms with Crippen LogP contribution in [0.5, 0.6) is 5.75 Å². The highest BCUT2D eigenvalue weighted by molar-refractivity contribution is 6.07. The maximum absolute atomic E-state index is 15.3. The van der Waals surface area contributed by atoms with Crippen LogP contribution in [0.25, 0.3) is 5.69 Å². The molecule has 36 heavy (non-hydrogen) atoms. The van der Waals surface area contributed by atoms with Crippen molar-refractivity contribution in [1.82, 2.24) is 14.3 Å². The summed E-state index contributed by atoms with van der Waals surface area (Å²) in [7, 11) is 1.55. The van der Waals surface area contributed by atoms with E-state index < -0.39 is 23.5 Å². The van der Waals surface area contributed by atoms with E-state index in [1.54, 1.807) is 33.0 Å². The zero-order chi connectivity index (χ0) is 26.6. The first-order valence-electron chi connectivity index (χ1n) is 11.2. The smallest absolute Gasteiger partial charge is 0.409 e. The predicted octanol–water partition coefficient (Wildman–Crippen LogP) is 4.27. The number of amides is 2. The van der Waals surface area contributed by atoms with Gasteiger partial charge < -0.3 is 15.2 Å². The predicted molar refractivity (Wildman–Crippen MR) is 134 cm³/mol. The molecule has 0 aliphatic carbocycles. The van der Waals surface area contributed by atoms with E-state index in [9.17, 15) is 14.4 Å². The molecule has 1 heterocycles. The van der Waals surface area contributed by atoms with Gasteiger partial charge >= 0.3 is 11.8 Å². The molecule has 1 atom stereocenters. The van der Waals surface area contributed by atoms with Crippen molar-refractivity contribution in [2.24, 2.45) is 7.05 Å². The zero-order valence-electron chi connectivity index (χ0n) is 20.5. The lowest BCUT2D eigenvalue weighted by atomic mass is 10.1. The second-order valence-corrected chi connectivity index (χ2v) is 8.19. The van der Waals surface area contributed by atoms with E-state index in [0.717, 1.165) is 10.7 Å². The van der Waals surface area contributed by atoms with Crippen molar-refractivity contribution in [3.8, 4) is 11.4 Å². The summed E-state index contributed by atoms with van der Waals surface area (Å²) < 4.78 is 23.5. The quantitative estimate of drug-likeness (QED) is 0.379. The molecule has 3 aromatic rings. The van der Waals surface area contributed by atoms with Gasteiger partial charge in [0, 0.05) is 37.3 Å². The summed E-state index contributed by atoms with van der Waals surface area (Å²) in [6.07, 6.45) is 0.994. The summed E-state index contributed by atoms with van der Waals surface area (Å²) in [5, 5.41) is 18.0. The summed E-state index contributed by atoms with van der Waals surface area (Å²) in [6, 6.07) is 6.86. The molecule has 0 radical (unpaired) electrons. The Hall–Kier alpha value is -4.41. The second-order valence-electron chi connectivity index (χ2n) is 8.19. The summed E-state index contributed by atoms with van der Waals surface area (Å²) >= 11 is 0. The molecule has 3 N–H and O–H groups in total. The molecule has 0 bridgehead atoms. The minimum absolute atomic E-state index is 0.0654. The van der Waals surface area contributed by atoms with Gasteiger partial charge in [0.05, 0.1) is 11.7 Å². The zero-order valence-corrected chi connectivity index (χ0v) is 20.5. The van der Waals surface area contributed by atoms with Crippen LogP contribution < -0.4 is 21.1 Å². The number of ether oxygens (including phenoxy) is 1. The van der Waals surface area contributed by atoms with Crippen molar-refractivity contribution in [1.29, 1.82) is 0 Å². The molecular formula is C25H28FN5O5. The Kier molecular flexibility index (Phi) is 7.93. The van der Waals surface area contributed by atoms with Crippen LogP contribution in [-0.2, 0) is 13.5 Å². The van der Waals surface area contributed by atoms with E-state index in [1.165, 1.54) is 22.8 Å². The Morgan fingerprint density at radius 1 is 1.28 bits per heavy atom. The number of aromatic nitrogens is 3. The molecule has 1 unspecified atom stereocenters. The number of hydrogen-bond acceptors (Lipinski definition) is 5. The summed E-state index contributed by atoms with van der Waals surface area (Å²) in [5.41, 5.74) is 0.564. The van der Waals surface area contributed by atoms with Crippen molar-refractivity contribution in [3.05, 3.63) is 76.2 Å². The fourth-order valence-electron chi connectivity index (χ4n) is 3.62. The van der Waals surface area contributed by atoms with Crippen LogP contribution in [-0.4, -0.2) is 37.6 Å². The third-order valence-corrected chi connectivity index (χ3v) is 5.46. The van der Waals surface area contributed by atoms with Gasteiger partial charge in [-0.1, -0.05) is 13.0 Å². The minimum Gasteiger partial charge on any atom is -0.489 e. The number of carbonyl (C=O) groups excluding carboxylic acids is 1. The molecule has 2 aromatic carbocycles. The van der Waals surface area contributed by atoms with Crippen molar-refractivity contribution < 1.29 is 23.8 Å². The highest BCUT2D eigenvalue weighted by atomic mass is 19.1. The molecule has 0 fully saturated rings. The van der Waals surface area contributed by atoms with E-state index in [2.05, 4.69) is 22.3 Å². The van der Waals surface area contributed by atoms with Crippen molar-refractivity contribution in [3.63, 3.8) is 0 Å². The lowest BCUT2D eigenvalue weighted by molar-refractivity contribution is 0.101. The van der Waals surface area contributed by atoms with Crippen LogP contribution in [0.15, 0.2) is 47.8 Å². The largest absolute Gasteiger partial charge is 0.489 e. The fraction of sp³-hybridized carbons (Fsp3) is 0.280. The number of rotatable bonds is 9. The number of anilines is 2. The molecule has 0 spiro atoms. The first-order chi connectivity index (χ1) is 17.0. The van der Waals surface area contributed by atoms with Gasteiger partial charge in [0.25, 0.3) is 5.91 Å². The molecule has 0 aliphatic rings. The average Bonchev–Trinajstić information content (AvgIpc) is 3.09. The number of nitrogens with one attached hydrogen (secondary N) is 2. The Morgan fingerprint density at radius 3 is 2.58 bits per heavy atom. The molecule has 0 aliphatic heterocycles. The van der Waals surface area contributed by atoms with Gasteiger partial charge in [0.15, 0.2) is 0 Å². The number of nitrogens with zero attached hydrogens (tertiary/aromatic N) is 3. The first kappa shape index (κ1) is 26.2. The van der Waals surface area contributed by atoms with Gasteiger partial charge in [-0.15, -0.1) is 11.7 Å². The molecule has 3 rings (SSSR count). The normalized spacial score (nSPS) is 11.6. The van der Waals surface area contributed by atoms with Crippen LogP contribution in [0.1, 0.15) is 42.0 Å². The summed E-state index contributed by atoms with van der Waals surface area (Å²) in [6.45, 7) is 8.97. The van der Waals surface area contributed by atoms with E-state index in [1.807, 2.05) is 6.92 Å². The number of hydrogen-bond donors (Lipinski definition) is 3. The third-order valence-electron chi connectivity index (χ3n) is 5.46. The van der Waals surface area contributed by atoms with Crippen LogP contribution in [0.3, 0.4) is 0 Å². The van der Waals surface area contributed by atoms with E-state index in [-0.39, 0.29) is 23.1 Å². The Bertz CT molecular complexity index is 1380. The maximum atomic E-state index is 15.3. The molecule has 0 saturated carbocycles. The average molecular weight is 498 g/mol. The van der Waals surface area contributed by atoms with Crippen molar-refractivity contribution in [2.75, 3.05) is 10.6 Å². The standard InChI is InChI=1S/C25H28FN5O5/c1-6-8-15(4)36-21-13-20(31-25(35)30(5)22(7-2)29-31)18(26)12-17(21)23(32)28-19-10-9-16(11-14(19)3)27-24(33)34/h6,9-13,15,27H,1,7-8H2,2-5H3,(H,28,32)(H,33,34). The maximum Gasteiger partial charge on any atom is 0.409 e. The van der Waals surface area contributed by atoms with Gasteiger partial charge in [-0.05, 0) is 43.7 Å². The Balaban J connectivity index is 2.03. The lowest BCUT2D eigenvalue weighted by Crippen LogP contribution is -2.24. The van der Waals surface area contributed by atoms with Crippen molar-refractivity contribution in [2.45, 2.75) is 39.7 Å². The fourth-order valence-corrected chi connectivity index (χ4v) is 3.62. The van der Waals surface area contributed by atoms with E-state index in [0.29, 0.717) is 35.6 Å². The van der Waals surface area contributed by atoms with Crippen LogP contribution in [0.4, 0.5) is 20.6 Å². The van der Waals surface area contributed by atoms with Gasteiger partial charge in [0.2, 0.25) is 0 Å². The van der Waals surface area contributed by atoms with Gasteiger partial charge in [-0.25, -0.2) is 14.0 Å². The number of halogens is 1. The minimum atomic E-state index is -1.21. The summed E-state index contributed by atoms with van der Waals surface area (Å²) in [4.78, 5) is 36.7. The monoisotopic (exact) mass is 497 g/mol. The molecule has 11 heteroatoms. The van der Waals surface area contributed by atoms with Crippen molar-refractivity contribution >= 4 is 23.4 Å². The van der Waals surface area contributed by atoms with E-state index in [4.69, 9.17) is 9.84 Å². The number of benzene rings is 2. The highest BCUT2D eigenvalue weighted by Gasteiger charge is 2.22. The lowest BCUT2D eigenvalue weighted by Gasteiger charge is -2.18.